The first-order valence-corrected chi connectivity index (χ1v) is 19.4. The summed E-state index contributed by atoms with van der Waals surface area (Å²) in [5, 5.41) is 22.1. The van der Waals surface area contributed by atoms with Crippen LogP contribution in [0.2, 0.25) is 0 Å². The van der Waals surface area contributed by atoms with E-state index in [1.165, 1.54) is 0 Å². The van der Waals surface area contributed by atoms with Crippen molar-refractivity contribution in [3.05, 3.63) is 35.9 Å². The normalized spacial score (nSPS) is 13.3. The molecule has 0 bridgehead atoms. The van der Waals surface area contributed by atoms with Crippen LogP contribution in [0.4, 0.5) is 0 Å². The molecule has 13 N–H and O–H groups in total. The Morgan fingerprint density at radius 3 is 1.64 bits per heavy atom. The van der Waals surface area contributed by atoms with Gasteiger partial charge in [-0.15, -0.1) is 0 Å². The molecule has 2 unspecified atom stereocenters. The molecule has 0 fully saturated rings. The molecule has 59 heavy (non-hydrogen) atoms. The van der Waals surface area contributed by atoms with Gasteiger partial charge in [0.15, 0.2) is 0 Å². The lowest BCUT2D eigenvalue weighted by atomic mass is 9.98. The van der Waals surface area contributed by atoms with Crippen LogP contribution in [0.3, 0.4) is 0 Å². The monoisotopic (exact) mass is 831 g/mol. The molecule has 0 heterocycles. The predicted octanol–water partition coefficient (Wildman–Crippen LogP) is -3.60. The van der Waals surface area contributed by atoms with E-state index in [2.05, 4.69) is 47.9 Å². The van der Waals surface area contributed by atoms with E-state index < -0.39 is 115 Å². The van der Waals surface area contributed by atoms with E-state index in [0.29, 0.717) is 12.0 Å². The summed E-state index contributed by atoms with van der Waals surface area (Å²) >= 11 is 0. The van der Waals surface area contributed by atoms with Gasteiger partial charge in [-0.2, -0.15) is 0 Å². The van der Waals surface area contributed by atoms with Crippen molar-refractivity contribution in [2.45, 2.75) is 85.0 Å². The van der Waals surface area contributed by atoms with Gasteiger partial charge in [0.25, 0.3) is 5.91 Å². The van der Waals surface area contributed by atoms with E-state index in [-0.39, 0.29) is 37.8 Å². The Hall–Kier alpha value is -6.12. The minimum Gasteiger partial charge on any atom is -0.368 e. The average molecular weight is 832 g/mol. The number of rotatable bonds is 26. The molecule has 5 atom stereocenters. The first-order chi connectivity index (χ1) is 27.8. The molecule has 0 saturated heterocycles. The van der Waals surface area contributed by atoms with E-state index in [1.54, 1.807) is 51.1 Å². The van der Waals surface area contributed by atoms with Gasteiger partial charge in [0.05, 0.1) is 32.7 Å². The maximum Gasteiger partial charge on any atom is 0.251 e. The SMILES string of the molecule is CC[C@H](C)C(NC(=O)CNC(=O)c1ccccc1)C(=O)NCC(=O)NCC(=O)NCC(=O)N[C@@H](CCN)C(=O)NC(C(=O)N[C@@H](CC(C)C)C(=O)NCC(N)=O)C(C)C. The maximum atomic E-state index is 13.3. The molecule has 10 amide bonds. The van der Waals surface area contributed by atoms with Gasteiger partial charge >= 0.3 is 0 Å². The summed E-state index contributed by atoms with van der Waals surface area (Å²) in [6.45, 7) is 8.00. The van der Waals surface area contributed by atoms with Crippen molar-refractivity contribution in [2.75, 3.05) is 39.3 Å². The lowest BCUT2D eigenvalue weighted by Crippen LogP contribution is -2.59. The zero-order chi connectivity index (χ0) is 44.7. The predicted molar refractivity (Wildman–Crippen MR) is 215 cm³/mol. The second kappa shape index (κ2) is 26.7. The van der Waals surface area contributed by atoms with Crippen molar-refractivity contribution in [3.8, 4) is 0 Å². The van der Waals surface area contributed by atoms with E-state index in [0.717, 1.165) is 0 Å². The summed E-state index contributed by atoms with van der Waals surface area (Å²) in [5.41, 5.74) is 11.1. The summed E-state index contributed by atoms with van der Waals surface area (Å²) in [6, 6.07) is 3.87. The van der Waals surface area contributed by atoms with Gasteiger partial charge in [-0.25, -0.2) is 0 Å². The van der Waals surface area contributed by atoms with Crippen LogP contribution in [0.15, 0.2) is 30.3 Å². The molecule has 1 aromatic rings. The van der Waals surface area contributed by atoms with Crippen molar-refractivity contribution in [1.82, 2.24) is 47.9 Å². The van der Waals surface area contributed by atoms with Crippen molar-refractivity contribution in [3.63, 3.8) is 0 Å². The molecule has 1 rings (SSSR count). The van der Waals surface area contributed by atoms with Gasteiger partial charge in [-0.1, -0.05) is 66.2 Å². The van der Waals surface area contributed by atoms with Gasteiger partial charge in [-0.3, -0.25) is 47.9 Å². The largest absolute Gasteiger partial charge is 0.368 e. The minimum atomic E-state index is -1.20. The zero-order valence-electron chi connectivity index (χ0n) is 34.5. The number of primary amides is 1. The molecule has 0 aliphatic carbocycles. The third-order valence-corrected chi connectivity index (χ3v) is 8.70. The summed E-state index contributed by atoms with van der Waals surface area (Å²) in [5.74, 6) is -7.67. The Morgan fingerprint density at radius 2 is 1.10 bits per heavy atom. The second-order valence-electron chi connectivity index (χ2n) is 14.6. The number of benzene rings is 1. The minimum absolute atomic E-state index is 0.0231. The molecular formula is C38H61N11O10. The molecule has 21 heteroatoms. The Labute approximate surface area is 343 Å². The number of nitrogens with two attached hydrogens (primary N) is 2. The number of nitrogens with one attached hydrogen (secondary N) is 9. The Kier molecular flexibility index (Phi) is 23.1. The molecule has 0 radical (unpaired) electrons. The van der Waals surface area contributed by atoms with Crippen LogP contribution < -0.4 is 59.3 Å². The van der Waals surface area contributed by atoms with Gasteiger partial charge in [-0.05, 0) is 49.3 Å². The average Bonchev–Trinajstić information content (AvgIpc) is 3.19. The molecular weight excluding hydrogens is 770 g/mol. The second-order valence-corrected chi connectivity index (χ2v) is 14.6. The van der Waals surface area contributed by atoms with E-state index in [9.17, 15) is 47.9 Å². The highest BCUT2D eigenvalue weighted by atomic mass is 16.2. The van der Waals surface area contributed by atoms with Crippen molar-refractivity contribution in [1.29, 1.82) is 0 Å². The van der Waals surface area contributed by atoms with E-state index >= 15 is 0 Å². The number of carbonyl (C=O) groups is 10. The topological polar surface area (TPSA) is 331 Å². The smallest absolute Gasteiger partial charge is 0.251 e. The fraction of sp³-hybridized carbons (Fsp3) is 0.579. The number of hydrogen-bond donors (Lipinski definition) is 11. The summed E-state index contributed by atoms with van der Waals surface area (Å²) in [4.78, 5) is 126. The molecule has 1 aromatic carbocycles. The first-order valence-electron chi connectivity index (χ1n) is 19.4. The third kappa shape index (κ3) is 20.2. The molecule has 21 nitrogen and oxygen atoms in total. The summed E-state index contributed by atoms with van der Waals surface area (Å²) in [6.07, 6.45) is 0.703. The van der Waals surface area contributed by atoms with Crippen molar-refractivity contribution in [2.24, 2.45) is 29.2 Å². The molecule has 0 aromatic heterocycles. The zero-order valence-corrected chi connectivity index (χ0v) is 34.5. The number of amides is 10. The summed E-state index contributed by atoms with van der Waals surface area (Å²) < 4.78 is 0. The molecule has 0 aliphatic heterocycles. The van der Waals surface area contributed by atoms with Crippen molar-refractivity contribution >= 4 is 59.1 Å². The lowest BCUT2D eigenvalue weighted by molar-refractivity contribution is -0.135. The van der Waals surface area contributed by atoms with Crippen LogP contribution in [0.1, 0.15) is 71.2 Å². The van der Waals surface area contributed by atoms with Gasteiger partial charge in [0.1, 0.15) is 24.2 Å². The third-order valence-electron chi connectivity index (χ3n) is 8.70. The van der Waals surface area contributed by atoms with Gasteiger partial charge < -0.3 is 59.3 Å². The van der Waals surface area contributed by atoms with Crippen LogP contribution in [0, 0.1) is 17.8 Å². The first kappa shape index (κ1) is 50.9. The molecule has 0 aliphatic rings. The van der Waals surface area contributed by atoms with E-state index in [1.807, 2.05) is 20.8 Å². The Bertz CT molecular complexity index is 1620. The van der Waals surface area contributed by atoms with Gasteiger partial charge in [0.2, 0.25) is 53.2 Å². The van der Waals surface area contributed by atoms with Crippen LogP contribution in [0.25, 0.3) is 0 Å². The number of carbonyl (C=O) groups excluding carboxylic acids is 10. The fourth-order valence-corrected chi connectivity index (χ4v) is 5.27. The molecule has 328 valence electrons. The number of hydrogen-bond acceptors (Lipinski definition) is 11. The Balaban J connectivity index is 2.66. The fourth-order valence-electron chi connectivity index (χ4n) is 5.27. The Morgan fingerprint density at radius 1 is 0.559 bits per heavy atom. The maximum absolute atomic E-state index is 13.3. The van der Waals surface area contributed by atoms with Crippen LogP contribution >= 0.6 is 0 Å². The highest BCUT2D eigenvalue weighted by Crippen LogP contribution is 2.10. The quantitative estimate of drug-likeness (QED) is 0.0433. The molecule has 0 saturated carbocycles. The molecule has 0 spiro atoms. The van der Waals surface area contributed by atoms with Crippen molar-refractivity contribution < 1.29 is 47.9 Å². The van der Waals surface area contributed by atoms with Crippen LogP contribution in [0.5, 0.6) is 0 Å². The van der Waals surface area contributed by atoms with Crippen LogP contribution in [-0.2, 0) is 43.2 Å². The standard InChI is InChI=1S/C38H61N11O10/c1-7-23(6)33(48-31(54)20-44-34(55)24-11-9-8-10-12-24)37(58)45-18-29(52)41-17-28(51)42-19-30(53)46-25(13-14-39)36(57)49-32(22(4)5)38(59)47-26(15-21(2)3)35(56)43-16-27(40)50/h8-12,21-23,25-26,32-33H,7,13-20,39H2,1-6H3,(H2,40,50)(H,41,52)(H,42,51)(H,43,56)(H,44,55)(H,45,58)(H,46,53)(H,47,59)(H,48,54)(H,49,57)/t23-,25-,26-,32?,33?/m0/s1. The van der Waals surface area contributed by atoms with Gasteiger partial charge in [0, 0.05) is 5.56 Å². The highest BCUT2D eigenvalue weighted by molar-refractivity contribution is 5.98. The highest BCUT2D eigenvalue weighted by Gasteiger charge is 2.32. The summed E-state index contributed by atoms with van der Waals surface area (Å²) in [7, 11) is 0. The van der Waals surface area contributed by atoms with E-state index in [4.69, 9.17) is 11.5 Å². The lowest BCUT2D eigenvalue weighted by Gasteiger charge is -2.27. The van der Waals surface area contributed by atoms with Crippen LogP contribution in [-0.4, -0.2) is 123 Å².